The van der Waals surface area contributed by atoms with Crippen molar-refractivity contribution in [1.82, 2.24) is 4.98 Å². The van der Waals surface area contributed by atoms with E-state index in [1.165, 1.54) is 6.07 Å². The summed E-state index contributed by atoms with van der Waals surface area (Å²) in [5, 5.41) is 8.38. The number of aromatic nitrogens is 1. The first-order chi connectivity index (χ1) is 7.79. The van der Waals surface area contributed by atoms with Crippen molar-refractivity contribution in [2.45, 2.75) is 19.0 Å². The number of hydrogen-bond acceptors (Lipinski definition) is 3. The number of anilines is 1. The third-order valence-corrected chi connectivity index (χ3v) is 2.04. The van der Waals surface area contributed by atoms with Gasteiger partial charge in [0.15, 0.2) is 0 Å². The van der Waals surface area contributed by atoms with Crippen LogP contribution in [0.25, 0.3) is 0 Å². The van der Waals surface area contributed by atoms with Crippen LogP contribution in [-0.4, -0.2) is 4.98 Å². The Balaban J connectivity index is 3.54. The van der Waals surface area contributed by atoms with E-state index in [9.17, 15) is 22.0 Å². The molecule has 0 spiro atoms. The van der Waals surface area contributed by atoms with Gasteiger partial charge in [0, 0.05) is 17.3 Å². The number of alkyl halides is 5. The molecule has 0 radical (unpaired) electrons. The SMILES string of the molecule is N#CCc1c(N)ncc(C(F)(F)F)c1C(F)F. The second-order valence-electron chi connectivity index (χ2n) is 3.08. The largest absolute Gasteiger partial charge is 0.418 e. The molecule has 0 saturated carbocycles. The molecule has 0 aliphatic rings. The fraction of sp³-hybridized carbons (Fsp3) is 0.333. The van der Waals surface area contributed by atoms with Crippen molar-refractivity contribution in [2.24, 2.45) is 0 Å². The highest BCUT2D eigenvalue weighted by Crippen LogP contribution is 2.39. The van der Waals surface area contributed by atoms with E-state index in [1.807, 2.05) is 0 Å². The van der Waals surface area contributed by atoms with Crippen LogP contribution in [0.1, 0.15) is 23.1 Å². The molecule has 0 amide bonds. The molecule has 1 aromatic rings. The van der Waals surface area contributed by atoms with Gasteiger partial charge < -0.3 is 5.73 Å². The Labute approximate surface area is 92.7 Å². The van der Waals surface area contributed by atoms with Gasteiger partial charge in [0.05, 0.1) is 18.1 Å². The Hall–Kier alpha value is -1.91. The number of nitrogens with two attached hydrogens (primary N) is 1. The molecule has 2 N–H and O–H groups in total. The van der Waals surface area contributed by atoms with E-state index >= 15 is 0 Å². The van der Waals surface area contributed by atoms with Gasteiger partial charge in [-0.25, -0.2) is 13.8 Å². The molecule has 92 valence electrons. The Morgan fingerprint density at radius 3 is 2.41 bits per heavy atom. The highest BCUT2D eigenvalue weighted by atomic mass is 19.4. The minimum atomic E-state index is -4.96. The number of halogens is 5. The Morgan fingerprint density at radius 2 is 2.00 bits per heavy atom. The molecular weight excluding hydrogens is 245 g/mol. The van der Waals surface area contributed by atoms with Crippen molar-refractivity contribution in [3.8, 4) is 6.07 Å². The summed E-state index contributed by atoms with van der Waals surface area (Å²) in [7, 11) is 0. The zero-order chi connectivity index (χ0) is 13.2. The van der Waals surface area contributed by atoms with Crippen LogP contribution in [0.4, 0.5) is 27.8 Å². The predicted octanol–water partition coefficient (Wildman–Crippen LogP) is 2.69. The number of pyridine rings is 1. The molecule has 0 saturated heterocycles. The van der Waals surface area contributed by atoms with Gasteiger partial charge in [-0.05, 0) is 0 Å². The summed E-state index contributed by atoms with van der Waals surface area (Å²) < 4.78 is 62.6. The van der Waals surface area contributed by atoms with Gasteiger partial charge in [-0.2, -0.15) is 18.4 Å². The number of nitrogen functional groups attached to an aromatic ring is 1. The Morgan fingerprint density at radius 1 is 1.41 bits per heavy atom. The average molecular weight is 251 g/mol. The third-order valence-electron chi connectivity index (χ3n) is 2.04. The molecule has 0 unspecified atom stereocenters. The molecule has 1 aromatic heterocycles. The van der Waals surface area contributed by atoms with Gasteiger partial charge in [0.25, 0.3) is 6.43 Å². The number of hydrogen-bond donors (Lipinski definition) is 1. The molecule has 3 nitrogen and oxygen atoms in total. The van der Waals surface area contributed by atoms with E-state index in [1.54, 1.807) is 0 Å². The molecule has 0 aromatic carbocycles. The fourth-order valence-corrected chi connectivity index (χ4v) is 1.32. The summed E-state index contributed by atoms with van der Waals surface area (Å²) in [6.45, 7) is 0. The van der Waals surface area contributed by atoms with Crippen LogP contribution < -0.4 is 5.73 Å². The molecule has 17 heavy (non-hydrogen) atoms. The van der Waals surface area contributed by atoms with E-state index in [0.717, 1.165) is 0 Å². The Bertz CT molecular complexity index is 461. The van der Waals surface area contributed by atoms with Crippen molar-refractivity contribution in [3.05, 3.63) is 22.9 Å². The molecule has 0 fully saturated rings. The number of rotatable bonds is 2. The number of nitriles is 1. The second-order valence-corrected chi connectivity index (χ2v) is 3.08. The van der Waals surface area contributed by atoms with Crippen molar-refractivity contribution in [2.75, 3.05) is 5.73 Å². The van der Waals surface area contributed by atoms with E-state index in [4.69, 9.17) is 11.0 Å². The lowest BCUT2D eigenvalue weighted by atomic mass is 10.0. The molecular formula is C9H6F5N3. The second kappa shape index (κ2) is 4.53. The number of nitrogens with zero attached hydrogens (tertiary/aromatic N) is 2. The van der Waals surface area contributed by atoms with Gasteiger partial charge >= 0.3 is 6.18 Å². The zero-order valence-electron chi connectivity index (χ0n) is 8.22. The van der Waals surface area contributed by atoms with E-state index in [-0.39, 0.29) is 6.20 Å². The highest BCUT2D eigenvalue weighted by molar-refractivity contribution is 5.50. The molecule has 0 aliphatic carbocycles. The summed E-state index contributed by atoms with van der Waals surface area (Å²) in [6.07, 6.45) is -8.74. The quantitative estimate of drug-likeness (QED) is 0.822. The van der Waals surface area contributed by atoms with Gasteiger partial charge in [0.1, 0.15) is 5.82 Å². The molecule has 1 heterocycles. The maximum absolute atomic E-state index is 12.6. The lowest BCUT2D eigenvalue weighted by Crippen LogP contribution is -2.14. The van der Waals surface area contributed by atoms with Crippen molar-refractivity contribution >= 4 is 5.82 Å². The predicted molar refractivity (Wildman–Crippen MR) is 47.9 cm³/mol. The first-order valence-corrected chi connectivity index (χ1v) is 4.28. The monoisotopic (exact) mass is 251 g/mol. The maximum atomic E-state index is 12.6. The first kappa shape index (κ1) is 13.2. The van der Waals surface area contributed by atoms with Crippen LogP contribution in [0.5, 0.6) is 0 Å². The van der Waals surface area contributed by atoms with Crippen molar-refractivity contribution in [1.29, 1.82) is 5.26 Å². The van der Waals surface area contributed by atoms with Gasteiger partial charge in [0.2, 0.25) is 0 Å². The van der Waals surface area contributed by atoms with E-state index in [2.05, 4.69) is 4.98 Å². The lowest BCUT2D eigenvalue weighted by molar-refractivity contribution is -0.139. The van der Waals surface area contributed by atoms with Crippen LogP contribution in [-0.2, 0) is 12.6 Å². The average Bonchev–Trinajstić information content (AvgIpc) is 2.18. The van der Waals surface area contributed by atoms with Crippen LogP contribution in [0.15, 0.2) is 6.20 Å². The lowest BCUT2D eigenvalue weighted by Gasteiger charge is -2.15. The van der Waals surface area contributed by atoms with Crippen LogP contribution in [0.2, 0.25) is 0 Å². The van der Waals surface area contributed by atoms with Crippen LogP contribution in [0, 0.1) is 11.3 Å². The summed E-state index contributed by atoms with van der Waals surface area (Å²) in [6, 6.07) is 1.48. The minimum absolute atomic E-state index is 0.248. The highest BCUT2D eigenvalue weighted by Gasteiger charge is 2.38. The maximum Gasteiger partial charge on any atom is 0.418 e. The molecule has 0 atom stereocenters. The van der Waals surface area contributed by atoms with Gasteiger partial charge in [-0.15, -0.1) is 0 Å². The standard InChI is InChI=1S/C9H6F5N3/c10-7(11)6-4(1-2-15)8(16)17-3-5(6)9(12,13)14/h3,7H,1H2,(H2,16,17). The normalized spacial score (nSPS) is 11.6. The van der Waals surface area contributed by atoms with Crippen LogP contribution in [0.3, 0.4) is 0 Å². The topological polar surface area (TPSA) is 62.7 Å². The molecule has 1 rings (SSSR count). The van der Waals surface area contributed by atoms with Gasteiger partial charge in [-0.3, -0.25) is 0 Å². The summed E-state index contributed by atoms with van der Waals surface area (Å²) in [4.78, 5) is 3.18. The fourth-order valence-electron chi connectivity index (χ4n) is 1.32. The first-order valence-electron chi connectivity index (χ1n) is 4.28. The van der Waals surface area contributed by atoms with Gasteiger partial charge in [-0.1, -0.05) is 0 Å². The van der Waals surface area contributed by atoms with Crippen LogP contribution >= 0.6 is 0 Å². The summed E-state index contributed by atoms with van der Waals surface area (Å²) in [5.41, 5.74) is 1.79. The van der Waals surface area contributed by atoms with E-state index in [0.29, 0.717) is 0 Å². The zero-order valence-corrected chi connectivity index (χ0v) is 8.22. The minimum Gasteiger partial charge on any atom is -0.383 e. The summed E-state index contributed by atoms with van der Waals surface area (Å²) >= 11 is 0. The molecule has 8 heteroatoms. The molecule has 0 aliphatic heterocycles. The Kier molecular flexibility index (Phi) is 3.50. The smallest absolute Gasteiger partial charge is 0.383 e. The third kappa shape index (κ3) is 2.61. The molecule has 0 bridgehead atoms. The van der Waals surface area contributed by atoms with Crippen molar-refractivity contribution in [3.63, 3.8) is 0 Å². The van der Waals surface area contributed by atoms with E-state index < -0.39 is 41.5 Å². The summed E-state index contributed by atoms with van der Waals surface area (Å²) in [5.74, 6) is -0.491. The van der Waals surface area contributed by atoms with Crippen molar-refractivity contribution < 1.29 is 22.0 Å².